The van der Waals surface area contributed by atoms with E-state index in [1.807, 2.05) is 25.2 Å². The normalized spacial score (nSPS) is 16.4. The van der Waals surface area contributed by atoms with Gasteiger partial charge in [0.05, 0.1) is 19.7 Å². The molecule has 0 aliphatic carbocycles. The van der Waals surface area contributed by atoms with Gasteiger partial charge >= 0.3 is 0 Å². The molecule has 0 bridgehead atoms. The topological polar surface area (TPSA) is 95.2 Å². The molecule has 0 saturated carbocycles. The molecule has 0 unspecified atom stereocenters. The Hall–Kier alpha value is -4.24. The number of rotatable bonds is 8. The summed E-state index contributed by atoms with van der Waals surface area (Å²) >= 11 is 0. The summed E-state index contributed by atoms with van der Waals surface area (Å²) in [6.45, 7) is 4.82. The molecule has 4 aromatic rings. The van der Waals surface area contributed by atoms with Crippen LogP contribution in [0.4, 0.5) is 11.8 Å². The lowest BCUT2D eigenvalue weighted by molar-refractivity contribution is 0.153. The fourth-order valence-corrected chi connectivity index (χ4v) is 6.08. The highest BCUT2D eigenvalue weighted by molar-refractivity contribution is 5.91. The maximum Gasteiger partial charge on any atom is 0.227 e. The van der Waals surface area contributed by atoms with Crippen molar-refractivity contribution in [2.45, 2.75) is 24.8 Å². The van der Waals surface area contributed by atoms with Crippen LogP contribution in [0.15, 0.2) is 60.7 Å². The van der Waals surface area contributed by atoms with Gasteiger partial charge in [0.2, 0.25) is 5.95 Å². The van der Waals surface area contributed by atoms with Gasteiger partial charge in [-0.15, -0.1) is 0 Å². The number of hydrogen-bond acceptors (Lipinski definition) is 9. The van der Waals surface area contributed by atoms with Crippen LogP contribution in [0.3, 0.4) is 0 Å². The zero-order valence-electron chi connectivity index (χ0n) is 23.9. The molecule has 9 nitrogen and oxygen atoms in total. The molecule has 0 atom stereocenters. The first-order valence-electron chi connectivity index (χ1n) is 14.0. The van der Waals surface area contributed by atoms with E-state index in [-0.39, 0.29) is 5.41 Å². The molecule has 3 heterocycles. The second-order valence-corrected chi connectivity index (χ2v) is 10.9. The highest BCUT2D eigenvalue weighted by atomic mass is 16.6. The SMILES string of the molecule is COc1cc2nc(N(C)CC3(c4ccccc4)CCN(Cc4ccc5c(c4)OCCO5)CC3)nc(N)c2cc1OC. The maximum absolute atomic E-state index is 6.42. The molecule has 9 heteroatoms. The fourth-order valence-electron chi connectivity index (χ4n) is 6.08. The Morgan fingerprint density at radius 3 is 2.34 bits per heavy atom. The van der Waals surface area contributed by atoms with E-state index in [0.29, 0.717) is 36.5 Å². The summed E-state index contributed by atoms with van der Waals surface area (Å²) in [4.78, 5) is 14.2. The summed E-state index contributed by atoms with van der Waals surface area (Å²) in [6, 6.07) is 20.8. The first-order valence-corrected chi connectivity index (χ1v) is 14.0. The number of nitrogens with zero attached hydrogens (tertiary/aromatic N) is 4. The number of methoxy groups -OCH3 is 2. The Morgan fingerprint density at radius 1 is 0.902 bits per heavy atom. The van der Waals surface area contributed by atoms with Gasteiger partial charge in [-0.05, 0) is 55.3 Å². The lowest BCUT2D eigenvalue weighted by Gasteiger charge is -2.44. The minimum absolute atomic E-state index is 0.0516. The molecule has 0 amide bonds. The van der Waals surface area contributed by atoms with Crippen molar-refractivity contribution in [3.8, 4) is 23.0 Å². The van der Waals surface area contributed by atoms with Crippen LogP contribution in [0.5, 0.6) is 23.0 Å². The van der Waals surface area contributed by atoms with Crippen LogP contribution in [0, 0.1) is 0 Å². The van der Waals surface area contributed by atoms with Gasteiger partial charge in [-0.3, -0.25) is 4.90 Å². The highest BCUT2D eigenvalue weighted by Gasteiger charge is 2.38. The number of ether oxygens (including phenoxy) is 4. The lowest BCUT2D eigenvalue weighted by atomic mass is 9.72. The molecule has 1 aromatic heterocycles. The molecule has 0 spiro atoms. The highest BCUT2D eigenvalue weighted by Crippen LogP contribution is 2.39. The molecule has 41 heavy (non-hydrogen) atoms. The molecule has 3 aromatic carbocycles. The first-order chi connectivity index (χ1) is 20.0. The fraction of sp³-hybridized carbons (Fsp3) is 0.375. The number of hydrogen-bond donors (Lipinski definition) is 1. The zero-order valence-corrected chi connectivity index (χ0v) is 23.9. The van der Waals surface area contributed by atoms with E-state index in [1.165, 1.54) is 11.1 Å². The van der Waals surface area contributed by atoms with Crippen LogP contribution >= 0.6 is 0 Å². The Labute approximate surface area is 240 Å². The van der Waals surface area contributed by atoms with Crippen LogP contribution < -0.4 is 29.6 Å². The average molecular weight is 556 g/mol. The Kier molecular flexibility index (Phi) is 7.45. The predicted octanol–water partition coefficient (Wildman–Crippen LogP) is 4.67. The largest absolute Gasteiger partial charge is 0.493 e. The third-order valence-electron chi connectivity index (χ3n) is 8.31. The van der Waals surface area contributed by atoms with E-state index in [9.17, 15) is 0 Å². The van der Waals surface area contributed by atoms with Crippen molar-refractivity contribution in [3.63, 3.8) is 0 Å². The summed E-state index contributed by atoms with van der Waals surface area (Å²) in [7, 11) is 5.27. The minimum atomic E-state index is -0.0516. The molecule has 2 aliphatic rings. The number of nitrogen functional groups attached to an aromatic ring is 1. The average Bonchev–Trinajstić information content (AvgIpc) is 3.01. The van der Waals surface area contributed by atoms with Gasteiger partial charge in [0.15, 0.2) is 23.0 Å². The Bertz CT molecular complexity index is 1520. The summed E-state index contributed by atoms with van der Waals surface area (Å²) in [5.41, 5.74) is 9.67. The van der Waals surface area contributed by atoms with Gasteiger partial charge in [-0.25, -0.2) is 4.98 Å². The quantitative estimate of drug-likeness (QED) is 0.333. The number of benzene rings is 3. The molecule has 214 valence electrons. The third-order valence-corrected chi connectivity index (χ3v) is 8.31. The minimum Gasteiger partial charge on any atom is -0.493 e. The molecule has 6 rings (SSSR count). The van der Waals surface area contributed by atoms with Crippen molar-refractivity contribution in [1.82, 2.24) is 14.9 Å². The Morgan fingerprint density at radius 2 is 1.61 bits per heavy atom. The van der Waals surface area contributed by atoms with Crippen molar-refractivity contribution in [2.75, 3.05) is 64.7 Å². The molecule has 2 aliphatic heterocycles. The van der Waals surface area contributed by atoms with Crippen LogP contribution in [0.25, 0.3) is 10.9 Å². The summed E-state index contributed by atoms with van der Waals surface area (Å²) in [6.07, 6.45) is 2.03. The summed E-state index contributed by atoms with van der Waals surface area (Å²) in [5.74, 6) is 3.90. The third kappa shape index (κ3) is 5.41. The molecule has 0 radical (unpaired) electrons. The van der Waals surface area contributed by atoms with Crippen molar-refractivity contribution in [1.29, 1.82) is 0 Å². The van der Waals surface area contributed by atoms with Crippen molar-refractivity contribution in [3.05, 3.63) is 71.8 Å². The van der Waals surface area contributed by atoms with Gasteiger partial charge in [-0.1, -0.05) is 36.4 Å². The maximum atomic E-state index is 6.42. The number of anilines is 2. The zero-order chi connectivity index (χ0) is 28.4. The molecular weight excluding hydrogens is 518 g/mol. The second kappa shape index (κ2) is 11.3. The molecule has 1 saturated heterocycles. The van der Waals surface area contributed by atoms with Crippen molar-refractivity contribution in [2.24, 2.45) is 0 Å². The number of aromatic nitrogens is 2. The predicted molar refractivity (Wildman–Crippen MR) is 160 cm³/mol. The molecular formula is C32H37N5O4. The monoisotopic (exact) mass is 555 g/mol. The van der Waals surface area contributed by atoms with E-state index in [1.54, 1.807) is 14.2 Å². The lowest BCUT2D eigenvalue weighted by Crippen LogP contribution is -2.48. The van der Waals surface area contributed by atoms with Gasteiger partial charge in [0, 0.05) is 37.0 Å². The van der Waals surface area contributed by atoms with E-state index in [4.69, 9.17) is 34.6 Å². The van der Waals surface area contributed by atoms with E-state index >= 15 is 0 Å². The van der Waals surface area contributed by atoms with Crippen LogP contribution in [-0.4, -0.2) is 69.0 Å². The van der Waals surface area contributed by atoms with Gasteiger partial charge in [-0.2, -0.15) is 4.98 Å². The number of fused-ring (bicyclic) bond motifs is 2. The van der Waals surface area contributed by atoms with Crippen LogP contribution in [-0.2, 0) is 12.0 Å². The van der Waals surface area contributed by atoms with Crippen LogP contribution in [0.1, 0.15) is 24.0 Å². The van der Waals surface area contributed by atoms with Crippen molar-refractivity contribution < 1.29 is 18.9 Å². The van der Waals surface area contributed by atoms with E-state index < -0.39 is 0 Å². The second-order valence-electron chi connectivity index (χ2n) is 10.9. The smallest absolute Gasteiger partial charge is 0.227 e. The number of piperidine rings is 1. The van der Waals surface area contributed by atoms with Crippen LogP contribution in [0.2, 0.25) is 0 Å². The van der Waals surface area contributed by atoms with Gasteiger partial charge < -0.3 is 29.6 Å². The van der Waals surface area contributed by atoms with Crippen molar-refractivity contribution >= 4 is 22.7 Å². The van der Waals surface area contributed by atoms with E-state index in [2.05, 4.69) is 52.3 Å². The molecule has 2 N–H and O–H groups in total. The number of likely N-dealkylation sites (N-methyl/N-ethyl adjacent to an activating group) is 1. The Balaban J connectivity index is 1.23. The number of nitrogens with two attached hydrogens (primary N) is 1. The first kappa shape index (κ1) is 27.0. The van der Waals surface area contributed by atoms with E-state index in [0.717, 1.165) is 61.4 Å². The van der Waals surface area contributed by atoms with Gasteiger partial charge in [0.25, 0.3) is 0 Å². The summed E-state index contributed by atoms with van der Waals surface area (Å²) < 4.78 is 22.5. The number of likely N-dealkylation sites (tertiary alicyclic amines) is 1. The summed E-state index contributed by atoms with van der Waals surface area (Å²) in [5, 5.41) is 0.741. The van der Waals surface area contributed by atoms with Gasteiger partial charge in [0.1, 0.15) is 19.0 Å². The molecule has 1 fully saturated rings. The standard InChI is InChI=1S/C32H37N5O4/c1-36(31-34-25-19-28(39-3)27(38-2)18-24(25)30(33)35-31)21-32(23-7-5-4-6-8-23)11-13-37(14-12-32)20-22-9-10-26-29(17-22)41-16-15-40-26/h4-10,17-19H,11-16,20-21H2,1-3H3,(H2,33,34,35).